The van der Waals surface area contributed by atoms with Crippen LogP contribution in [0, 0.1) is 0 Å². The zero-order chi connectivity index (χ0) is 13.0. The van der Waals surface area contributed by atoms with Crippen molar-refractivity contribution in [3.63, 3.8) is 0 Å². The van der Waals surface area contributed by atoms with Gasteiger partial charge >= 0.3 is 0 Å². The van der Waals surface area contributed by atoms with E-state index in [1.165, 1.54) is 0 Å². The van der Waals surface area contributed by atoms with E-state index in [4.69, 9.17) is 28.9 Å². The molecule has 0 aliphatic rings. The number of aliphatic imine (C=N–C) groups is 1. The Bertz CT molecular complexity index is 416. The van der Waals surface area contributed by atoms with Crippen LogP contribution in [0.1, 0.15) is 32.4 Å². The molecule has 1 atom stereocenters. The van der Waals surface area contributed by atoms with Gasteiger partial charge in [-0.15, -0.1) is 0 Å². The lowest BCUT2D eigenvalue weighted by Crippen LogP contribution is -2.36. The van der Waals surface area contributed by atoms with Gasteiger partial charge in [-0.3, -0.25) is 0 Å². The molecular formula is C12H17Cl2N3. The number of halogens is 2. The zero-order valence-electron chi connectivity index (χ0n) is 10.2. The second kappa shape index (κ2) is 6.12. The highest BCUT2D eigenvalue weighted by atomic mass is 35.5. The van der Waals surface area contributed by atoms with Crippen molar-refractivity contribution in [2.75, 3.05) is 0 Å². The molecule has 0 aromatic heterocycles. The largest absolute Gasteiger partial charge is 0.370 e. The van der Waals surface area contributed by atoms with Gasteiger partial charge in [-0.05, 0) is 38.5 Å². The first-order valence-electron chi connectivity index (χ1n) is 5.45. The zero-order valence-corrected chi connectivity index (χ0v) is 11.7. The van der Waals surface area contributed by atoms with Crippen LogP contribution in [0.3, 0.4) is 0 Å². The van der Waals surface area contributed by atoms with Crippen LogP contribution in [-0.2, 0) is 0 Å². The summed E-state index contributed by atoms with van der Waals surface area (Å²) < 4.78 is 0. The number of benzene rings is 1. The lowest BCUT2D eigenvalue weighted by atomic mass is 10.1. The predicted molar refractivity (Wildman–Crippen MR) is 74.8 cm³/mol. The van der Waals surface area contributed by atoms with Crippen molar-refractivity contribution in [3.8, 4) is 0 Å². The summed E-state index contributed by atoms with van der Waals surface area (Å²) in [6.45, 7) is 5.94. The maximum Gasteiger partial charge on any atom is 0.189 e. The van der Waals surface area contributed by atoms with E-state index in [0.29, 0.717) is 16.0 Å². The quantitative estimate of drug-likeness (QED) is 0.656. The fraction of sp³-hybridized carbons (Fsp3) is 0.417. The summed E-state index contributed by atoms with van der Waals surface area (Å²) in [7, 11) is 0. The van der Waals surface area contributed by atoms with E-state index >= 15 is 0 Å². The highest BCUT2D eigenvalue weighted by Gasteiger charge is 2.09. The number of hydrogen-bond acceptors (Lipinski definition) is 1. The molecule has 94 valence electrons. The van der Waals surface area contributed by atoms with Gasteiger partial charge in [-0.2, -0.15) is 0 Å². The first-order chi connectivity index (χ1) is 7.90. The van der Waals surface area contributed by atoms with Gasteiger partial charge in [0.2, 0.25) is 0 Å². The summed E-state index contributed by atoms with van der Waals surface area (Å²) in [6, 6.07) is 5.51. The van der Waals surface area contributed by atoms with Crippen LogP contribution in [0.15, 0.2) is 23.2 Å². The summed E-state index contributed by atoms with van der Waals surface area (Å²) >= 11 is 11.9. The topological polar surface area (TPSA) is 50.4 Å². The van der Waals surface area contributed by atoms with E-state index in [0.717, 1.165) is 5.56 Å². The number of rotatable bonds is 3. The van der Waals surface area contributed by atoms with E-state index in [2.05, 4.69) is 10.3 Å². The molecule has 1 rings (SSSR count). The number of hydrogen-bond donors (Lipinski definition) is 2. The summed E-state index contributed by atoms with van der Waals surface area (Å²) in [5.74, 6) is 0.415. The Balaban J connectivity index is 2.85. The highest BCUT2D eigenvalue weighted by molar-refractivity contribution is 6.35. The van der Waals surface area contributed by atoms with Crippen LogP contribution in [-0.4, -0.2) is 12.0 Å². The maximum absolute atomic E-state index is 6.10. The van der Waals surface area contributed by atoms with Crippen molar-refractivity contribution in [1.82, 2.24) is 5.32 Å². The SMILES string of the molecule is CC(C)NC(N)=NC(C)c1ccc(Cl)cc1Cl. The maximum atomic E-state index is 6.10. The number of nitrogens with two attached hydrogens (primary N) is 1. The van der Waals surface area contributed by atoms with Crippen LogP contribution < -0.4 is 11.1 Å². The van der Waals surface area contributed by atoms with Gasteiger partial charge in [0.1, 0.15) is 0 Å². The number of nitrogens with one attached hydrogen (secondary N) is 1. The molecule has 0 aliphatic carbocycles. The van der Waals surface area contributed by atoms with E-state index in [9.17, 15) is 0 Å². The van der Waals surface area contributed by atoms with Gasteiger partial charge < -0.3 is 11.1 Å². The number of guanidine groups is 1. The van der Waals surface area contributed by atoms with Crippen molar-refractivity contribution in [3.05, 3.63) is 33.8 Å². The predicted octanol–water partition coefficient (Wildman–Crippen LogP) is 3.37. The fourth-order valence-electron chi connectivity index (χ4n) is 1.45. The van der Waals surface area contributed by atoms with Crippen molar-refractivity contribution in [2.24, 2.45) is 10.7 Å². The first kappa shape index (κ1) is 14.1. The van der Waals surface area contributed by atoms with Gasteiger partial charge in [0.25, 0.3) is 0 Å². The molecule has 0 spiro atoms. The molecule has 5 heteroatoms. The van der Waals surface area contributed by atoms with E-state index < -0.39 is 0 Å². The summed E-state index contributed by atoms with van der Waals surface area (Å²) in [6.07, 6.45) is 0. The summed E-state index contributed by atoms with van der Waals surface area (Å²) in [4.78, 5) is 4.33. The third-order valence-corrected chi connectivity index (χ3v) is 2.74. The molecule has 1 aromatic rings. The minimum Gasteiger partial charge on any atom is -0.370 e. The minimum atomic E-state index is -0.106. The van der Waals surface area contributed by atoms with Crippen LogP contribution >= 0.6 is 23.2 Å². The molecule has 0 radical (unpaired) electrons. The second-order valence-electron chi connectivity index (χ2n) is 4.16. The Labute approximate surface area is 112 Å². The van der Waals surface area contributed by atoms with Gasteiger partial charge in [0.15, 0.2) is 5.96 Å². The number of nitrogens with zero attached hydrogens (tertiary/aromatic N) is 1. The van der Waals surface area contributed by atoms with E-state index in [1.54, 1.807) is 12.1 Å². The Morgan fingerprint density at radius 1 is 1.29 bits per heavy atom. The van der Waals surface area contributed by atoms with Crippen molar-refractivity contribution in [1.29, 1.82) is 0 Å². The van der Waals surface area contributed by atoms with Gasteiger partial charge in [0.05, 0.1) is 6.04 Å². The van der Waals surface area contributed by atoms with Crippen LogP contribution in [0.5, 0.6) is 0 Å². The smallest absolute Gasteiger partial charge is 0.189 e. The molecule has 0 saturated heterocycles. The van der Waals surface area contributed by atoms with Crippen molar-refractivity contribution >= 4 is 29.2 Å². The third-order valence-electron chi connectivity index (χ3n) is 2.18. The molecule has 1 unspecified atom stereocenters. The summed E-state index contributed by atoms with van der Waals surface area (Å²) in [5.41, 5.74) is 6.67. The highest BCUT2D eigenvalue weighted by Crippen LogP contribution is 2.27. The molecule has 0 aliphatic heterocycles. The van der Waals surface area contributed by atoms with E-state index in [-0.39, 0.29) is 12.1 Å². The Morgan fingerprint density at radius 2 is 1.94 bits per heavy atom. The molecule has 0 fully saturated rings. The molecular weight excluding hydrogens is 257 g/mol. The molecule has 0 saturated carbocycles. The normalized spacial score (nSPS) is 13.9. The fourth-order valence-corrected chi connectivity index (χ4v) is 2.02. The lowest BCUT2D eigenvalue weighted by molar-refractivity contribution is 0.711. The minimum absolute atomic E-state index is 0.106. The third kappa shape index (κ3) is 4.44. The van der Waals surface area contributed by atoms with Gasteiger partial charge in [-0.1, -0.05) is 29.3 Å². The average molecular weight is 274 g/mol. The Hall–Kier alpha value is -0.930. The molecule has 0 bridgehead atoms. The van der Waals surface area contributed by atoms with Crippen LogP contribution in [0.4, 0.5) is 0 Å². The first-order valence-corrected chi connectivity index (χ1v) is 6.20. The molecule has 3 nitrogen and oxygen atoms in total. The molecule has 1 aromatic carbocycles. The second-order valence-corrected chi connectivity index (χ2v) is 5.00. The molecule has 3 N–H and O–H groups in total. The van der Waals surface area contributed by atoms with Crippen molar-refractivity contribution in [2.45, 2.75) is 32.9 Å². The molecule has 0 amide bonds. The molecule has 0 heterocycles. The summed E-state index contributed by atoms with van der Waals surface area (Å²) in [5, 5.41) is 4.25. The van der Waals surface area contributed by atoms with Gasteiger partial charge in [-0.25, -0.2) is 4.99 Å². The Kier molecular flexibility index (Phi) is 5.09. The van der Waals surface area contributed by atoms with E-state index in [1.807, 2.05) is 26.8 Å². The standard InChI is InChI=1S/C12H17Cl2N3/c1-7(2)16-12(15)17-8(3)10-5-4-9(13)6-11(10)14/h4-8H,1-3H3,(H3,15,16,17). The monoisotopic (exact) mass is 273 g/mol. The average Bonchev–Trinajstić information content (AvgIpc) is 2.15. The molecule has 17 heavy (non-hydrogen) atoms. The Morgan fingerprint density at radius 3 is 2.47 bits per heavy atom. The van der Waals surface area contributed by atoms with Gasteiger partial charge in [0, 0.05) is 16.1 Å². The van der Waals surface area contributed by atoms with Crippen LogP contribution in [0.25, 0.3) is 0 Å². The van der Waals surface area contributed by atoms with Crippen LogP contribution in [0.2, 0.25) is 10.0 Å². The van der Waals surface area contributed by atoms with Crippen molar-refractivity contribution < 1.29 is 0 Å². The lowest BCUT2D eigenvalue weighted by Gasteiger charge is -2.13.